The fourth-order valence-electron chi connectivity index (χ4n) is 1.69. The highest BCUT2D eigenvalue weighted by atomic mass is 32.1. The molecule has 0 aliphatic carbocycles. The van der Waals surface area contributed by atoms with Gasteiger partial charge in [-0.1, -0.05) is 30.3 Å². The smallest absolute Gasteiger partial charge is 0.272 e. The highest BCUT2D eigenvalue weighted by Crippen LogP contribution is 2.23. The summed E-state index contributed by atoms with van der Waals surface area (Å²) in [4.78, 5) is 34.6. The molecule has 3 amide bonds. The minimum absolute atomic E-state index is 0.283. The van der Waals surface area contributed by atoms with Crippen LogP contribution in [0.2, 0.25) is 0 Å². The first kappa shape index (κ1) is 16.4. The van der Waals surface area contributed by atoms with Crippen LogP contribution in [0.25, 0.3) is 6.08 Å². The molecule has 1 aromatic heterocycles. The summed E-state index contributed by atoms with van der Waals surface area (Å²) in [6.07, 6.45) is 3.07. The van der Waals surface area contributed by atoms with Crippen LogP contribution in [-0.2, 0) is 9.59 Å². The van der Waals surface area contributed by atoms with Gasteiger partial charge in [-0.05, 0) is 23.1 Å². The Morgan fingerprint density at radius 3 is 2.48 bits per heavy atom. The lowest BCUT2D eigenvalue weighted by atomic mass is 10.2. The Morgan fingerprint density at radius 2 is 1.78 bits per heavy atom. The van der Waals surface area contributed by atoms with E-state index in [1.54, 1.807) is 17.5 Å². The van der Waals surface area contributed by atoms with Gasteiger partial charge in [-0.15, -0.1) is 11.3 Å². The Morgan fingerprint density at radius 1 is 1.04 bits per heavy atom. The van der Waals surface area contributed by atoms with E-state index in [-0.39, 0.29) is 17.4 Å². The summed E-state index contributed by atoms with van der Waals surface area (Å²) in [5, 5.41) is 4.74. The van der Waals surface area contributed by atoms with E-state index < -0.39 is 5.91 Å². The van der Waals surface area contributed by atoms with E-state index in [1.807, 2.05) is 30.3 Å². The first-order valence-electron chi connectivity index (χ1n) is 6.75. The lowest BCUT2D eigenvalue weighted by molar-refractivity contribution is -0.119. The molecule has 0 fully saturated rings. The number of benzene rings is 1. The molecule has 23 heavy (non-hydrogen) atoms. The summed E-state index contributed by atoms with van der Waals surface area (Å²) in [5.74, 6) is -1.22. The van der Waals surface area contributed by atoms with E-state index in [4.69, 9.17) is 0 Å². The summed E-state index contributed by atoms with van der Waals surface area (Å²) in [6.45, 7) is 1.28. The van der Waals surface area contributed by atoms with E-state index in [2.05, 4.69) is 16.2 Å². The minimum Gasteiger partial charge on any atom is -0.313 e. The molecule has 6 nitrogen and oxygen atoms in total. The maximum atomic E-state index is 11.9. The predicted octanol–water partition coefficient (Wildman–Crippen LogP) is 2.18. The highest BCUT2D eigenvalue weighted by Gasteiger charge is 2.14. The molecule has 7 heteroatoms. The Hall–Kier alpha value is -2.93. The van der Waals surface area contributed by atoms with Crippen LogP contribution < -0.4 is 16.2 Å². The predicted molar refractivity (Wildman–Crippen MR) is 89.7 cm³/mol. The maximum Gasteiger partial charge on any atom is 0.272 e. The van der Waals surface area contributed by atoms with Crippen LogP contribution in [0.15, 0.2) is 47.9 Å². The second-order valence-electron chi connectivity index (χ2n) is 4.53. The molecule has 0 saturated carbocycles. The van der Waals surface area contributed by atoms with Crippen LogP contribution >= 0.6 is 11.3 Å². The molecule has 1 heterocycles. The summed E-state index contributed by atoms with van der Waals surface area (Å²) in [7, 11) is 0. The van der Waals surface area contributed by atoms with Gasteiger partial charge in [0, 0.05) is 13.0 Å². The summed E-state index contributed by atoms with van der Waals surface area (Å²) < 4.78 is 0. The number of hydrogen-bond donors (Lipinski definition) is 3. The Kier molecular flexibility index (Phi) is 5.65. The van der Waals surface area contributed by atoms with Crippen LogP contribution in [0.1, 0.15) is 22.8 Å². The zero-order valence-corrected chi connectivity index (χ0v) is 13.1. The summed E-state index contributed by atoms with van der Waals surface area (Å²) >= 11 is 1.22. The number of rotatable bonds is 4. The molecular weight excluding hydrogens is 314 g/mol. The highest BCUT2D eigenvalue weighted by molar-refractivity contribution is 7.14. The molecule has 0 saturated heterocycles. The molecule has 0 bridgehead atoms. The number of hydrogen-bond acceptors (Lipinski definition) is 4. The number of amides is 3. The second kappa shape index (κ2) is 7.90. The Balaban J connectivity index is 1.99. The van der Waals surface area contributed by atoms with E-state index in [0.29, 0.717) is 5.00 Å². The normalized spacial score (nSPS) is 10.3. The average molecular weight is 329 g/mol. The van der Waals surface area contributed by atoms with Gasteiger partial charge in [-0.3, -0.25) is 25.2 Å². The first-order valence-corrected chi connectivity index (χ1v) is 7.63. The molecule has 118 valence electrons. The van der Waals surface area contributed by atoms with Gasteiger partial charge in [-0.2, -0.15) is 0 Å². The zero-order chi connectivity index (χ0) is 16.7. The Bertz CT molecular complexity index is 738. The molecule has 2 aromatic rings. The molecule has 0 aliphatic heterocycles. The van der Waals surface area contributed by atoms with E-state index >= 15 is 0 Å². The third-order valence-electron chi connectivity index (χ3n) is 2.73. The van der Waals surface area contributed by atoms with Gasteiger partial charge in [0.1, 0.15) is 5.00 Å². The molecular formula is C16H15N3O3S. The standard InChI is InChI=1S/C16H15N3O3S/c1-11(20)18-19-15(22)13-9-10-23-16(13)17-14(21)8-7-12-5-3-2-4-6-12/h2-10H,1H3,(H,17,21)(H,18,20)(H,19,22). The van der Waals surface area contributed by atoms with Crippen molar-refractivity contribution >= 4 is 40.1 Å². The van der Waals surface area contributed by atoms with Crippen LogP contribution in [0.4, 0.5) is 5.00 Å². The van der Waals surface area contributed by atoms with Gasteiger partial charge >= 0.3 is 0 Å². The van der Waals surface area contributed by atoms with Crippen LogP contribution in [0, 0.1) is 0 Å². The van der Waals surface area contributed by atoms with Crippen molar-refractivity contribution < 1.29 is 14.4 Å². The fourth-order valence-corrected chi connectivity index (χ4v) is 2.47. The van der Waals surface area contributed by atoms with Crippen molar-refractivity contribution in [2.75, 3.05) is 5.32 Å². The van der Waals surface area contributed by atoms with Gasteiger partial charge < -0.3 is 5.32 Å². The van der Waals surface area contributed by atoms with Crippen molar-refractivity contribution in [2.45, 2.75) is 6.92 Å². The summed E-state index contributed by atoms with van der Waals surface area (Å²) in [6, 6.07) is 11.0. The number of nitrogens with one attached hydrogen (secondary N) is 3. The van der Waals surface area contributed by atoms with Gasteiger partial charge in [0.15, 0.2) is 0 Å². The lowest BCUT2D eigenvalue weighted by Crippen LogP contribution is -2.40. The van der Waals surface area contributed by atoms with Crippen molar-refractivity contribution in [1.82, 2.24) is 10.9 Å². The van der Waals surface area contributed by atoms with Crippen molar-refractivity contribution in [3.05, 3.63) is 59.0 Å². The molecule has 0 unspecified atom stereocenters. The van der Waals surface area contributed by atoms with Gasteiger partial charge in [0.2, 0.25) is 11.8 Å². The number of anilines is 1. The SMILES string of the molecule is CC(=O)NNC(=O)c1ccsc1NC(=O)C=Cc1ccccc1. The van der Waals surface area contributed by atoms with Crippen molar-refractivity contribution in [2.24, 2.45) is 0 Å². The molecule has 3 N–H and O–H groups in total. The maximum absolute atomic E-state index is 11.9. The number of carbonyl (C=O) groups is 3. The van der Waals surface area contributed by atoms with Crippen molar-refractivity contribution in [3.8, 4) is 0 Å². The van der Waals surface area contributed by atoms with Crippen LogP contribution in [-0.4, -0.2) is 17.7 Å². The average Bonchev–Trinajstić information content (AvgIpc) is 2.99. The molecule has 1 aromatic carbocycles. The van der Waals surface area contributed by atoms with Crippen LogP contribution in [0.3, 0.4) is 0 Å². The zero-order valence-electron chi connectivity index (χ0n) is 12.3. The van der Waals surface area contributed by atoms with Crippen molar-refractivity contribution in [3.63, 3.8) is 0 Å². The number of carbonyl (C=O) groups excluding carboxylic acids is 3. The van der Waals surface area contributed by atoms with Gasteiger partial charge in [0.25, 0.3) is 5.91 Å². The summed E-state index contributed by atoms with van der Waals surface area (Å²) in [5.41, 5.74) is 5.64. The monoisotopic (exact) mass is 329 g/mol. The number of hydrazine groups is 1. The van der Waals surface area contributed by atoms with Crippen molar-refractivity contribution in [1.29, 1.82) is 0 Å². The van der Waals surface area contributed by atoms with E-state index in [1.165, 1.54) is 24.3 Å². The molecule has 2 rings (SSSR count). The van der Waals surface area contributed by atoms with Gasteiger partial charge in [-0.25, -0.2) is 0 Å². The number of thiophene rings is 1. The molecule has 0 atom stereocenters. The third kappa shape index (κ3) is 5.08. The minimum atomic E-state index is -0.496. The van der Waals surface area contributed by atoms with Gasteiger partial charge in [0.05, 0.1) is 5.56 Å². The fraction of sp³-hybridized carbons (Fsp3) is 0.0625. The van der Waals surface area contributed by atoms with Crippen LogP contribution in [0.5, 0.6) is 0 Å². The topological polar surface area (TPSA) is 87.3 Å². The molecule has 0 aliphatic rings. The largest absolute Gasteiger partial charge is 0.313 e. The third-order valence-corrected chi connectivity index (χ3v) is 3.56. The van der Waals surface area contributed by atoms with E-state index in [9.17, 15) is 14.4 Å². The molecule has 0 spiro atoms. The molecule has 0 radical (unpaired) electrons. The lowest BCUT2D eigenvalue weighted by Gasteiger charge is -2.06. The Labute approximate surface area is 137 Å². The first-order chi connectivity index (χ1) is 11.1. The second-order valence-corrected chi connectivity index (χ2v) is 5.45. The van der Waals surface area contributed by atoms with E-state index in [0.717, 1.165) is 5.56 Å². The quantitative estimate of drug-likeness (QED) is 0.593.